The largest absolute Gasteiger partial charge is 0.283 e. The van der Waals surface area contributed by atoms with Gasteiger partial charge < -0.3 is 0 Å². The first kappa shape index (κ1) is 20.8. The van der Waals surface area contributed by atoms with E-state index < -0.39 is 0 Å². The number of nitro groups is 1. The molecule has 1 N–H and O–H groups in total. The number of thioether (sulfide) groups is 1. The van der Waals surface area contributed by atoms with Gasteiger partial charge in [-0.05, 0) is 11.6 Å². The zero-order chi connectivity index (χ0) is 21.5. The number of nitrogens with one attached hydrogen (secondary N) is 1. The molecule has 0 bridgehead atoms. The highest BCUT2D eigenvalue weighted by Gasteiger charge is 2.15. The average Bonchev–Trinajstić information content (AvgIpc) is 3.28. The summed E-state index contributed by atoms with van der Waals surface area (Å²) >= 11 is 2.90. The summed E-state index contributed by atoms with van der Waals surface area (Å²) in [4.78, 5) is 16.3. The van der Waals surface area contributed by atoms with Crippen LogP contribution in [0.15, 0.2) is 94.2 Å². The molecule has 0 radical (unpaired) electrons. The Bertz CT molecular complexity index is 1190. The van der Waals surface area contributed by atoms with Crippen molar-refractivity contribution in [2.24, 2.45) is 5.10 Å². The number of nitro benzene ring substituents is 1. The summed E-state index contributed by atoms with van der Waals surface area (Å²) < 4.78 is 0. The van der Waals surface area contributed by atoms with Crippen molar-refractivity contribution in [3.8, 4) is 11.3 Å². The Hall–Kier alpha value is -3.49. The number of hydrogen-bond acceptors (Lipinski definition) is 7. The fourth-order valence-electron chi connectivity index (χ4n) is 2.84. The topological polar surface area (TPSA) is 80.4 Å². The Kier molecular flexibility index (Phi) is 6.71. The van der Waals surface area contributed by atoms with Gasteiger partial charge in [0.2, 0.25) is 5.13 Å². The van der Waals surface area contributed by atoms with E-state index in [1.165, 1.54) is 29.2 Å². The molecule has 4 rings (SSSR count). The van der Waals surface area contributed by atoms with Crippen molar-refractivity contribution in [3.63, 3.8) is 0 Å². The van der Waals surface area contributed by atoms with E-state index in [2.05, 4.69) is 15.5 Å². The second-order valence-corrected chi connectivity index (χ2v) is 8.41. The molecule has 0 saturated carbocycles. The van der Waals surface area contributed by atoms with Crippen molar-refractivity contribution in [1.82, 2.24) is 4.98 Å². The van der Waals surface area contributed by atoms with Crippen LogP contribution < -0.4 is 5.43 Å². The summed E-state index contributed by atoms with van der Waals surface area (Å²) in [6.45, 7) is 0. The molecule has 0 fully saturated rings. The van der Waals surface area contributed by atoms with Crippen LogP contribution in [-0.4, -0.2) is 16.1 Å². The van der Waals surface area contributed by atoms with Crippen molar-refractivity contribution >= 4 is 40.1 Å². The number of aromatic nitrogens is 1. The molecule has 0 aliphatic rings. The molecular weight excluding hydrogens is 428 g/mol. The van der Waals surface area contributed by atoms with Crippen LogP contribution in [0.25, 0.3) is 11.3 Å². The van der Waals surface area contributed by atoms with Crippen molar-refractivity contribution < 1.29 is 4.92 Å². The maximum absolute atomic E-state index is 11.5. The molecule has 0 amide bonds. The second kappa shape index (κ2) is 10.0. The number of hydrazone groups is 1. The van der Waals surface area contributed by atoms with Gasteiger partial charge >= 0.3 is 0 Å². The molecule has 0 aliphatic carbocycles. The van der Waals surface area contributed by atoms with Crippen molar-refractivity contribution in [3.05, 3.63) is 105 Å². The average molecular weight is 447 g/mol. The number of rotatable bonds is 8. The van der Waals surface area contributed by atoms with E-state index >= 15 is 0 Å². The third-order valence-corrected chi connectivity index (χ3v) is 6.25. The summed E-state index contributed by atoms with van der Waals surface area (Å²) in [6.07, 6.45) is 1.56. The molecule has 0 saturated heterocycles. The molecule has 1 aromatic heterocycles. The Morgan fingerprint density at radius 3 is 2.55 bits per heavy atom. The van der Waals surface area contributed by atoms with Crippen LogP contribution in [0.3, 0.4) is 0 Å². The van der Waals surface area contributed by atoms with Crippen LogP contribution in [0, 0.1) is 10.1 Å². The lowest BCUT2D eigenvalue weighted by Gasteiger charge is -2.04. The first-order valence-corrected chi connectivity index (χ1v) is 11.3. The molecule has 1 heterocycles. The summed E-state index contributed by atoms with van der Waals surface area (Å²) in [5.41, 5.74) is 6.64. The predicted molar refractivity (Wildman–Crippen MR) is 128 cm³/mol. The zero-order valence-corrected chi connectivity index (χ0v) is 18.0. The van der Waals surface area contributed by atoms with E-state index in [-0.39, 0.29) is 10.6 Å². The fraction of sp³-hybridized carbons (Fsp3) is 0.0435. The van der Waals surface area contributed by atoms with Gasteiger partial charge in [0.15, 0.2) is 0 Å². The second-order valence-electron chi connectivity index (χ2n) is 6.53. The van der Waals surface area contributed by atoms with Gasteiger partial charge in [-0.3, -0.25) is 15.5 Å². The minimum Gasteiger partial charge on any atom is -0.258 e. The van der Waals surface area contributed by atoms with E-state index in [4.69, 9.17) is 0 Å². The molecular formula is C23H18N4O2S2. The smallest absolute Gasteiger partial charge is 0.258 e. The Balaban J connectivity index is 1.42. The van der Waals surface area contributed by atoms with Gasteiger partial charge in [0, 0.05) is 28.3 Å². The zero-order valence-electron chi connectivity index (χ0n) is 16.3. The summed E-state index contributed by atoms with van der Waals surface area (Å²) in [5, 5.41) is 18.3. The summed E-state index contributed by atoms with van der Waals surface area (Å²) in [5.74, 6) is 0.671. The maximum atomic E-state index is 11.5. The summed E-state index contributed by atoms with van der Waals surface area (Å²) in [6, 6.07) is 24.9. The van der Waals surface area contributed by atoms with Gasteiger partial charge in [-0.2, -0.15) is 5.10 Å². The van der Waals surface area contributed by atoms with Crippen LogP contribution >= 0.6 is 23.1 Å². The monoisotopic (exact) mass is 446 g/mol. The molecule has 154 valence electrons. The van der Waals surface area contributed by atoms with Gasteiger partial charge in [0.05, 0.1) is 21.7 Å². The highest BCUT2D eigenvalue weighted by molar-refractivity contribution is 7.98. The van der Waals surface area contributed by atoms with Gasteiger partial charge in [-0.15, -0.1) is 23.1 Å². The minimum atomic E-state index is -0.356. The Morgan fingerprint density at radius 2 is 1.81 bits per heavy atom. The molecule has 0 aliphatic heterocycles. The van der Waals surface area contributed by atoms with Gasteiger partial charge in [0.1, 0.15) is 0 Å². The third-order valence-electron chi connectivity index (χ3n) is 4.36. The molecule has 31 heavy (non-hydrogen) atoms. The van der Waals surface area contributed by atoms with Gasteiger partial charge in [-0.1, -0.05) is 66.7 Å². The van der Waals surface area contributed by atoms with Crippen molar-refractivity contribution in [1.29, 1.82) is 0 Å². The third kappa shape index (κ3) is 5.56. The molecule has 0 unspecified atom stereocenters. The molecule has 0 atom stereocenters. The minimum absolute atomic E-state index is 0.0745. The fourth-order valence-corrected chi connectivity index (χ4v) is 4.47. The lowest BCUT2D eigenvalue weighted by molar-refractivity contribution is -0.387. The number of hydrogen-bond donors (Lipinski definition) is 1. The Morgan fingerprint density at radius 1 is 1.06 bits per heavy atom. The van der Waals surface area contributed by atoms with E-state index in [0.29, 0.717) is 21.3 Å². The van der Waals surface area contributed by atoms with Gasteiger partial charge in [-0.25, -0.2) is 4.98 Å². The van der Waals surface area contributed by atoms with Crippen LogP contribution in [-0.2, 0) is 5.75 Å². The molecule has 6 nitrogen and oxygen atoms in total. The lowest BCUT2D eigenvalue weighted by atomic mass is 10.2. The normalized spacial score (nSPS) is 11.0. The quantitative estimate of drug-likeness (QED) is 0.145. The van der Waals surface area contributed by atoms with E-state index in [1.807, 2.05) is 72.1 Å². The number of thiazole rings is 1. The maximum Gasteiger partial charge on any atom is 0.283 e. The molecule has 0 spiro atoms. The van der Waals surface area contributed by atoms with E-state index in [0.717, 1.165) is 16.8 Å². The first-order valence-electron chi connectivity index (χ1n) is 9.44. The predicted octanol–water partition coefficient (Wildman–Crippen LogP) is 6.46. The van der Waals surface area contributed by atoms with Crippen LogP contribution in [0.1, 0.15) is 11.1 Å². The van der Waals surface area contributed by atoms with Crippen LogP contribution in [0.4, 0.5) is 10.8 Å². The molecule has 8 heteroatoms. The number of nitrogens with zero attached hydrogens (tertiary/aromatic N) is 3. The molecule has 4 aromatic rings. The van der Waals surface area contributed by atoms with Gasteiger partial charge in [0.25, 0.3) is 5.69 Å². The standard InChI is InChI=1S/C23H18N4O2S2/c28-27(29)21-13-18(11-12-22(21)30-15-17-7-3-1-4-8-17)14-24-26-23-25-20(16-31-23)19-9-5-2-6-10-19/h1-14,16H,15H2,(H,25,26). The van der Waals surface area contributed by atoms with Crippen molar-refractivity contribution in [2.45, 2.75) is 10.6 Å². The summed E-state index contributed by atoms with van der Waals surface area (Å²) in [7, 11) is 0. The van der Waals surface area contributed by atoms with E-state index in [1.54, 1.807) is 12.3 Å². The highest BCUT2D eigenvalue weighted by atomic mass is 32.2. The lowest BCUT2D eigenvalue weighted by Crippen LogP contribution is -1.95. The Labute approximate surface area is 187 Å². The highest BCUT2D eigenvalue weighted by Crippen LogP contribution is 2.32. The number of benzene rings is 3. The number of anilines is 1. The van der Waals surface area contributed by atoms with Crippen molar-refractivity contribution in [2.75, 3.05) is 5.43 Å². The molecule has 3 aromatic carbocycles. The van der Waals surface area contributed by atoms with Crippen LogP contribution in [0.5, 0.6) is 0 Å². The SMILES string of the molecule is O=[N+]([O-])c1cc(C=NNc2nc(-c3ccccc3)cs2)ccc1SCc1ccccc1. The van der Waals surface area contributed by atoms with E-state index in [9.17, 15) is 10.1 Å². The van der Waals surface area contributed by atoms with Crippen LogP contribution in [0.2, 0.25) is 0 Å². The first-order chi connectivity index (χ1) is 15.2.